The number of hydrogen-bond donors (Lipinski definition) is 1. The van der Waals surface area contributed by atoms with Crippen molar-refractivity contribution < 1.29 is 13.5 Å². The Bertz CT molecular complexity index is 340. The summed E-state index contributed by atoms with van der Waals surface area (Å²) in [4.78, 5) is 0. The molecule has 90 valence electrons. The van der Waals surface area contributed by atoms with Crippen molar-refractivity contribution in [3.63, 3.8) is 0 Å². The molecule has 1 N–H and O–H groups in total. The normalized spacial score (nSPS) is 11.9. The number of hydrogen-bond acceptors (Lipinski definition) is 2. The second kappa shape index (κ2) is 5.25. The third kappa shape index (κ3) is 3.17. The number of benzene rings is 1. The van der Waals surface area contributed by atoms with Gasteiger partial charge in [0.1, 0.15) is 5.75 Å². The van der Waals surface area contributed by atoms with Crippen LogP contribution in [0.4, 0.5) is 8.78 Å². The summed E-state index contributed by atoms with van der Waals surface area (Å²) in [5, 5.41) is 2.73. The number of ether oxygens (including phenoxy) is 1. The molecule has 0 radical (unpaired) electrons. The molecule has 0 heterocycles. The predicted octanol–water partition coefficient (Wildman–Crippen LogP) is 2.79. The molecular formula is C12H17F2NO. The lowest BCUT2D eigenvalue weighted by Crippen LogP contribution is -2.35. The van der Waals surface area contributed by atoms with E-state index in [-0.39, 0.29) is 23.9 Å². The maximum absolute atomic E-state index is 13.8. The zero-order chi connectivity index (χ0) is 12.2. The highest BCUT2D eigenvalue weighted by Crippen LogP contribution is 2.34. The summed E-state index contributed by atoms with van der Waals surface area (Å²) in [6, 6.07) is 6.22. The smallest absolute Gasteiger partial charge is 0.288 e. The van der Waals surface area contributed by atoms with Gasteiger partial charge in [-0.05, 0) is 12.1 Å². The van der Waals surface area contributed by atoms with Crippen LogP contribution in [0.2, 0.25) is 0 Å². The van der Waals surface area contributed by atoms with Gasteiger partial charge >= 0.3 is 0 Å². The Kier molecular flexibility index (Phi) is 4.24. The Balaban J connectivity index is 2.88. The number of nitrogens with one attached hydrogen (secondary N) is 1. The van der Waals surface area contributed by atoms with Crippen molar-refractivity contribution >= 4 is 0 Å². The highest BCUT2D eigenvalue weighted by atomic mass is 19.3. The molecule has 0 spiro atoms. The number of para-hydroxylation sites is 1. The number of alkyl halides is 2. The van der Waals surface area contributed by atoms with Gasteiger partial charge in [-0.2, -0.15) is 8.78 Å². The van der Waals surface area contributed by atoms with Crippen LogP contribution in [0.15, 0.2) is 24.3 Å². The van der Waals surface area contributed by atoms with Crippen LogP contribution in [0.1, 0.15) is 19.4 Å². The fourth-order valence-corrected chi connectivity index (χ4v) is 1.37. The SMILES string of the molecule is COc1ccccc1C(F)(F)CNC(C)C. The summed E-state index contributed by atoms with van der Waals surface area (Å²) in [5.41, 5.74) is -0.0781. The van der Waals surface area contributed by atoms with Gasteiger partial charge in [0.15, 0.2) is 0 Å². The average molecular weight is 229 g/mol. The highest BCUT2D eigenvalue weighted by Gasteiger charge is 2.34. The average Bonchev–Trinajstić information content (AvgIpc) is 2.26. The molecular weight excluding hydrogens is 212 g/mol. The van der Waals surface area contributed by atoms with E-state index >= 15 is 0 Å². The van der Waals surface area contributed by atoms with Crippen molar-refractivity contribution in [2.24, 2.45) is 0 Å². The largest absolute Gasteiger partial charge is 0.496 e. The first-order valence-corrected chi connectivity index (χ1v) is 5.22. The number of rotatable bonds is 5. The Hall–Kier alpha value is -1.16. The van der Waals surface area contributed by atoms with Crippen molar-refractivity contribution in [1.29, 1.82) is 0 Å². The first kappa shape index (κ1) is 12.9. The predicted molar refractivity (Wildman–Crippen MR) is 60.0 cm³/mol. The van der Waals surface area contributed by atoms with Crippen molar-refractivity contribution in [2.45, 2.75) is 25.8 Å². The van der Waals surface area contributed by atoms with Gasteiger partial charge in [0.2, 0.25) is 0 Å². The molecule has 2 nitrogen and oxygen atoms in total. The van der Waals surface area contributed by atoms with Crippen LogP contribution in [0, 0.1) is 0 Å². The van der Waals surface area contributed by atoms with Crippen LogP contribution in [0.5, 0.6) is 5.75 Å². The summed E-state index contributed by atoms with van der Waals surface area (Å²) in [6.45, 7) is 3.28. The first-order valence-electron chi connectivity index (χ1n) is 5.22. The first-order chi connectivity index (χ1) is 7.47. The van der Waals surface area contributed by atoms with E-state index < -0.39 is 5.92 Å². The van der Waals surface area contributed by atoms with E-state index in [4.69, 9.17) is 4.74 Å². The van der Waals surface area contributed by atoms with E-state index in [2.05, 4.69) is 5.32 Å². The lowest BCUT2D eigenvalue weighted by atomic mass is 10.1. The molecule has 0 atom stereocenters. The second-order valence-corrected chi connectivity index (χ2v) is 3.94. The summed E-state index contributed by atoms with van der Waals surface area (Å²) in [5.74, 6) is -2.70. The molecule has 0 aromatic heterocycles. The fraction of sp³-hybridized carbons (Fsp3) is 0.500. The quantitative estimate of drug-likeness (QED) is 0.838. The molecule has 0 amide bonds. The minimum absolute atomic E-state index is 0.0283. The Morgan fingerprint density at radius 3 is 2.50 bits per heavy atom. The third-order valence-electron chi connectivity index (χ3n) is 2.23. The van der Waals surface area contributed by atoms with Crippen LogP contribution in [-0.4, -0.2) is 19.7 Å². The molecule has 0 bridgehead atoms. The Morgan fingerprint density at radius 2 is 1.94 bits per heavy atom. The van der Waals surface area contributed by atoms with E-state index in [1.54, 1.807) is 18.2 Å². The summed E-state index contributed by atoms with van der Waals surface area (Å²) in [7, 11) is 1.39. The van der Waals surface area contributed by atoms with Crippen LogP contribution >= 0.6 is 0 Å². The summed E-state index contributed by atoms with van der Waals surface area (Å²) in [6.07, 6.45) is 0. The van der Waals surface area contributed by atoms with Gasteiger partial charge in [-0.15, -0.1) is 0 Å². The summed E-state index contributed by atoms with van der Waals surface area (Å²) >= 11 is 0. The zero-order valence-corrected chi connectivity index (χ0v) is 9.76. The highest BCUT2D eigenvalue weighted by molar-refractivity contribution is 5.36. The summed E-state index contributed by atoms with van der Waals surface area (Å²) < 4.78 is 32.6. The number of methoxy groups -OCH3 is 1. The van der Waals surface area contributed by atoms with Crippen LogP contribution < -0.4 is 10.1 Å². The van der Waals surface area contributed by atoms with Gasteiger partial charge < -0.3 is 10.1 Å². The topological polar surface area (TPSA) is 21.3 Å². The maximum Gasteiger partial charge on any atom is 0.288 e. The Morgan fingerprint density at radius 1 is 1.31 bits per heavy atom. The zero-order valence-electron chi connectivity index (χ0n) is 9.76. The second-order valence-electron chi connectivity index (χ2n) is 3.94. The van der Waals surface area contributed by atoms with Crippen molar-refractivity contribution in [1.82, 2.24) is 5.32 Å². The molecule has 0 aliphatic carbocycles. The van der Waals surface area contributed by atoms with Crippen molar-refractivity contribution in [3.8, 4) is 5.75 Å². The van der Waals surface area contributed by atoms with Crippen LogP contribution in [-0.2, 0) is 5.92 Å². The minimum Gasteiger partial charge on any atom is -0.496 e. The van der Waals surface area contributed by atoms with Gasteiger partial charge in [0, 0.05) is 6.04 Å². The molecule has 0 aliphatic rings. The minimum atomic E-state index is -2.92. The van der Waals surface area contributed by atoms with Gasteiger partial charge in [-0.25, -0.2) is 0 Å². The van der Waals surface area contributed by atoms with E-state index in [0.29, 0.717) is 0 Å². The molecule has 0 aliphatic heterocycles. The molecule has 16 heavy (non-hydrogen) atoms. The van der Waals surface area contributed by atoms with Crippen molar-refractivity contribution in [3.05, 3.63) is 29.8 Å². The van der Waals surface area contributed by atoms with E-state index in [0.717, 1.165) is 0 Å². The molecule has 0 saturated carbocycles. The maximum atomic E-state index is 13.8. The molecule has 0 saturated heterocycles. The fourth-order valence-electron chi connectivity index (χ4n) is 1.37. The van der Waals surface area contributed by atoms with Crippen LogP contribution in [0.3, 0.4) is 0 Å². The van der Waals surface area contributed by atoms with Gasteiger partial charge in [0.25, 0.3) is 5.92 Å². The lowest BCUT2D eigenvalue weighted by molar-refractivity contribution is -0.00693. The molecule has 1 aromatic rings. The number of halogens is 2. The molecule has 0 unspecified atom stereocenters. The molecule has 1 aromatic carbocycles. The monoisotopic (exact) mass is 229 g/mol. The van der Waals surface area contributed by atoms with Gasteiger partial charge in [-0.3, -0.25) is 0 Å². The Labute approximate surface area is 94.6 Å². The standard InChI is InChI=1S/C12H17F2NO/c1-9(2)15-8-12(13,14)10-6-4-5-7-11(10)16-3/h4-7,9,15H,8H2,1-3H3. The van der Waals surface area contributed by atoms with Gasteiger partial charge in [-0.1, -0.05) is 26.0 Å². The van der Waals surface area contributed by atoms with E-state index in [9.17, 15) is 8.78 Å². The van der Waals surface area contributed by atoms with Gasteiger partial charge in [0.05, 0.1) is 19.2 Å². The molecule has 4 heteroatoms. The third-order valence-corrected chi connectivity index (χ3v) is 2.23. The van der Waals surface area contributed by atoms with E-state index in [1.807, 2.05) is 13.8 Å². The lowest BCUT2D eigenvalue weighted by Gasteiger charge is -2.21. The molecule has 0 fully saturated rings. The van der Waals surface area contributed by atoms with Crippen molar-refractivity contribution in [2.75, 3.05) is 13.7 Å². The van der Waals surface area contributed by atoms with Crippen LogP contribution in [0.25, 0.3) is 0 Å². The molecule has 1 rings (SSSR count). The van der Waals surface area contributed by atoms with E-state index in [1.165, 1.54) is 13.2 Å².